The van der Waals surface area contributed by atoms with Crippen LogP contribution < -0.4 is 14.2 Å². The zero-order valence-corrected chi connectivity index (χ0v) is 41.8. The van der Waals surface area contributed by atoms with Crippen molar-refractivity contribution in [1.29, 1.82) is 0 Å². The van der Waals surface area contributed by atoms with Gasteiger partial charge in [0, 0.05) is 60.5 Å². The van der Waals surface area contributed by atoms with Crippen molar-refractivity contribution in [2.45, 2.75) is 127 Å². The molecule has 4 heterocycles. The summed E-state index contributed by atoms with van der Waals surface area (Å²) in [5, 5.41) is 0. The number of halogens is 6. The van der Waals surface area contributed by atoms with E-state index in [2.05, 4.69) is 20.8 Å². The molecule has 0 spiro atoms. The second kappa shape index (κ2) is 16.9. The van der Waals surface area contributed by atoms with E-state index < -0.39 is 40.6 Å². The van der Waals surface area contributed by atoms with Gasteiger partial charge in [-0.1, -0.05) is 93.5 Å². The molecule has 2 aromatic carbocycles. The number of rotatable bonds is 13. The largest absolute Gasteiger partial charge is 0.487 e. The summed E-state index contributed by atoms with van der Waals surface area (Å²) >= 11 is 3.97. The van der Waals surface area contributed by atoms with Crippen LogP contribution in [0.5, 0.6) is 17.2 Å². The van der Waals surface area contributed by atoms with Crippen molar-refractivity contribution in [2.24, 2.45) is 5.92 Å². The molecule has 1 aliphatic carbocycles. The van der Waals surface area contributed by atoms with E-state index in [0.717, 1.165) is 38.5 Å². The molecular weight excluding hydrogens is 903 g/mol. The van der Waals surface area contributed by atoms with Gasteiger partial charge in [-0.3, -0.25) is 0 Å². The minimum absolute atomic E-state index is 0.00882. The standard InChI is InChI=1S/C51H60F6O5S3/c1-44(2,3)30-16-14-29(15-17-30)42-47(10,31-26-34(60-24-22-58-12)35(28-33(31)62-42)61-25-23-59-13)43-48(11,50(54,55)51(56,57)49(43,52)53)32-27-38(36-18-20-39(63-36)45(4,5)6)65-41(32)37-19-21-40(64-37)46(7,8)9/h14-21,26-28,42-43H,22-25H2,1-13H3. The summed E-state index contributed by atoms with van der Waals surface area (Å²) in [6.07, 6.45) is -1.45. The number of thiophene rings is 3. The summed E-state index contributed by atoms with van der Waals surface area (Å²) in [5.74, 6) is -18.9. The zero-order valence-electron chi connectivity index (χ0n) is 39.4. The van der Waals surface area contributed by atoms with Gasteiger partial charge in [-0.05, 0) is 76.3 Å². The molecule has 14 heteroatoms. The van der Waals surface area contributed by atoms with Crippen molar-refractivity contribution in [2.75, 3.05) is 40.6 Å². The van der Waals surface area contributed by atoms with Gasteiger partial charge in [0.25, 0.3) is 0 Å². The quantitative estimate of drug-likeness (QED) is 0.0869. The zero-order chi connectivity index (χ0) is 47.9. The molecule has 65 heavy (non-hydrogen) atoms. The van der Waals surface area contributed by atoms with E-state index in [1.165, 1.54) is 62.0 Å². The van der Waals surface area contributed by atoms with E-state index in [4.69, 9.17) is 23.7 Å². The molecule has 2 aliphatic rings. The Kier molecular flexibility index (Phi) is 12.8. The highest BCUT2D eigenvalue weighted by atomic mass is 32.1. The first kappa shape index (κ1) is 49.3. The van der Waals surface area contributed by atoms with Crippen LogP contribution in [0.25, 0.3) is 19.5 Å². The van der Waals surface area contributed by atoms with E-state index in [-0.39, 0.29) is 75.9 Å². The SMILES string of the molecule is COCCOc1cc2c(cc1OCCOC)C(C)(C1C(F)(F)C(F)(F)C(F)(F)C1(C)c1cc(-c3ccc(C(C)(C)C)s3)sc1-c1ccc(C(C)(C)C)s1)C(c1ccc(C(C)(C)C)cc1)O2. The Balaban J connectivity index is 1.55. The highest BCUT2D eigenvalue weighted by Gasteiger charge is 2.92. The van der Waals surface area contributed by atoms with Crippen molar-refractivity contribution in [3.05, 3.63) is 98.7 Å². The monoisotopic (exact) mass is 962 g/mol. The van der Waals surface area contributed by atoms with Crippen molar-refractivity contribution in [3.8, 4) is 36.8 Å². The molecule has 1 saturated carbocycles. The van der Waals surface area contributed by atoms with Crippen molar-refractivity contribution in [1.82, 2.24) is 0 Å². The van der Waals surface area contributed by atoms with Crippen LogP contribution in [0.2, 0.25) is 0 Å². The summed E-state index contributed by atoms with van der Waals surface area (Å²) in [4.78, 5) is 3.94. The molecule has 5 nitrogen and oxygen atoms in total. The van der Waals surface area contributed by atoms with Gasteiger partial charge in [-0.25, -0.2) is 0 Å². The van der Waals surface area contributed by atoms with Crippen LogP contribution in [0.4, 0.5) is 26.3 Å². The van der Waals surface area contributed by atoms with Gasteiger partial charge >= 0.3 is 17.8 Å². The number of alkyl halides is 6. The van der Waals surface area contributed by atoms with E-state index in [9.17, 15) is 0 Å². The minimum atomic E-state index is -5.81. The normalized spacial score (nSPS) is 23.7. The van der Waals surface area contributed by atoms with Crippen LogP contribution in [-0.2, 0) is 36.5 Å². The Morgan fingerprint density at radius 1 is 0.569 bits per heavy atom. The molecular formula is C51H60F6O5S3. The lowest BCUT2D eigenvalue weighted by Crippen LogP contribution is -2.54. The maximum absolute atomic E-state index is 17.8. The first-order valence-electron chi connectivity index (χ1n) is 21.7. The lowest BCUT2D eigenvalue weighted by atomic mass is 9.56. The van der Waals surface area contributed by atoms with Crippen molar-refractivity contribution in [3.63, 3.8) is 0 Å². The molecule has 4 atom stereocenters. The van der Waals surface area contributed by atoms with Gasteiger partial charge in [-0.2, -0.15) is 26.3 Å². The Morgan fingerprint density at radius 3 is 1.60 bits per heavy atom. The van der Waals surface area contributed by atoms with Crippen LogP contribution in [0.15, 0.2) is 66.7 Å². The molecule has 0 N–H and O–H groups in total. The first-order chi connectivity index (χ1) is 30.1. The summed E-state index contributed by atoms with van der Waals surface area (Å²) < 4.78 is 134. The molecule has 1 fully saturated rings. The summed E-state index contributed by atoms with van der Waals surface area (Å²) in [5.41, 5.74) is -5.36. The lowest BCUT2D eigenvalue weighted by Gasteiger charge is -2.46. The second-order valence-corrected chi connectivity index (χ2v) is 23.9. The molecule has 3 aromatic heterocycles. The van der Waals surface area contributed by atoms with Crippen LogP contribution >= 0.6 is 34.0 Å². The van der Waals surface area contributed by atoms with Gasteiger partial charge < -0.3 is 23.7 Å². The predicted octanol–water partition coefficient (Wildman–Crippen LogP) is 15.0. The molecule has 354 valence electrons. The molecule has 1 aliphatic heterocycles. The maximum Gasteiger partial charge on any atom is 0.373 e. The van der Waals surface area contributed by atoms with Gasteiger partial charge in [0.05, 0.1) is 24.5 Å². The predicted molar refractivity (Wildman–Crippen MR) is 251 cm³/mol. The molecule has 0 radical (unpaired) electrons. The molecule has 0 amide bonds. The van der Waals surface area contributed by atoms with Gasteiger partial charge in [0.15, 0.2) is 11.5 Å². The first-order valence-corrected chi connectivity index (χ1v) is 24.2. The maximum atomic E-state index is 17.8. The molecule has 4 unspecified atom stereocenters. The second-order valence-electron chi connectivity index (χ2n) is 20.7. The highest BCUT2D eigenvalue weighted by Crippen LogP contribution is 2.76. The number of methoxy groups -OCH3 is 2. The van der Waals surface area contributed by atoms with E-state index in [1.54, 1.807) is 18.2 Å². The van der Waals surface area contributed by atoms with Gasteiger partial charge in [-0.15, -0.1) is 34.0 Å². The Labute approximate surface area is 391 Å². The highest BCUT2D eigenvalue weighted by molar-refractivity contribution is 7.26. The number of hydrogen-bond donors (Lipinski definition) is 0. The third kappa shape index (κ3) is 8.12. The summed E-state index contributed by atoms with van der Waals surface area (Å²) in [7, 11) is 2.99. The van der Waals surface area contributed by atoms with Crippen molar-refractivity contribution >= 4 is 34.0 Å². The van der Waals surface area contributed by atoms with E-state index in [0.29, 0.717) is 15.3 Å². The lowest BCUT2D eigenvalue weighted by molar-refractivity contribution is -0.284. The van der Waals surface area contributed by atoms with Crippen LogP contribution in [0.1, 0.15) is 114 Å². The topological polar surface area (TPSA) is 46.2 Å². The summed E-state index contributed by atoms with van der Waals surface area (Å²) in [6.45, 7) is 21.0. The molecule has 5 aromatic rings. The molecule has 7 rings (SSSR count). The Hall–Kier alpha value is -3.56. The average molecular weight is 963 g/mol. The fourth-order valence-corrected chi connectivity index (χ4v) is 13.0. The number of fused-ring (bicyclic) bond motifs is 1. The fourth-order valence-electron chi connectivity index (χ4n) is 9.40. The van der Waals surface area contributed by atoms with Crippen LogP contribution in [0.3, 0.4) is 0 Å². The van der Waals surface area contributed by atoms with Gasteiger partial charge in [0.1, 0.15) is 25.1 Å². The van der Waals surface area contributed by atoms with E-state index in [1.807, 2.05) is 71.9 Å². The smallest absolute Gasteiger partial charge is 0.373 e. The number of ether oxygens (including phenoxy) is 5. The van der Waals surface area contributed by atoms with Crippen LogP contribution in [-0.4, -0.2) is 58.4 Å². The van der Waals surface area contributed by atoms with Crippen molar-refractivity contribution < 1.29 is 50.0 Å². The minimum Gasteiger partial charge on any atom is -0.487 e. The van der Waals surface area contributed by atoms with Crippen LogP contribution in [0, 0.1) is 5.92 Å². The fraction of sp³-hybridized carbons (Fsp3) is 0.529. The Bertz CT molecular complexity index is 2500. The third-order valence-electron chi connectivity index (χ3n) is 13.0. The molecule has 0 saturated heterocycles. The van der Waals surface area contributed by atoms with Gasteiger partial charge in [0.2, 0.25) is 0 Å². The number of hydrogen-bond acceptors (Lipinski definition) is 8. The molecule has 0 bridgehead atoms. The van der Waals surface area contributed by atoms with E-state index >= 15 is 26.3 Å². The Morgan fingerprint density at radius 2 is 1.09 bits per heavy atom. The average Bonchev–Trinajstić information content (AvgIpc) is 4.04. The number of benzene rings is 2. The summed E-state index contributed by atoms with van der Waals surface area (Å²) in [6, 6.07) is 18.9. The third-order valence-corrected chi connectivity index (χ3v) is 17.6.